The fraction of sp³-hybridized carbons (Fsp3) is 0.345. The Morgan fingerprint density at radius 3 is 2.50 bits per heavy atom. The Hall–Kier alpha value is -3.95. The lowest BCUT2D eigenvalue weighted by molar-refractivity contribution is -0.136. The average molecular weight is 518 g/mol. The van der Waals surface area contributed by atoms with Gasteiger partial charge in [-0.15, -0.1) is 0 Å². The van der Waals surface area contributed by atoms with Crippen LogP contribution in [0, 0.1) is 0 Å². The molecule has 3 aromatic rings. The zero-order valence-electron chi connectivity index (χ0n) is 22.2. The number of nitrogens with one attached hydrogen (secondary N) is 1. The van der Waals surface area contributed by atoms with Gasteiger partial charge in [0.2, 0.25) is 11.8 Å². The Labute approximate surface area is 224 Å². The Bertz CT molecular complexity index is 1210. The molecule has 200 valence electrons. The maximum Gasteiger partial charge on any atom is 0.257 e. The first kappa shape index (κ1) is 27.1. The lowest BCUT2D eigenvalue weighted by Gasteiger charge is -2.34. The monoisotopic (exact) mass is 517 g/mol. The van der Waals surface area contributed by atoms with Crippen LogP contribution in [0.2, 0.25) is 0 Å². The van der Waals surface area contributed by atoms with Crippen molar-refractivity contribution in [2.45, 2.75) is 12.6 Å². The normalized spacial score (nSPS) is 14.6. The number of rotatable bonds is 10. The van der Waals surface area contributed by atoms with E-state index in [9.17, 15) is 9.59 Å². The summed E-state index contributed by atoms with van der Waals surface area (Å²) in [5.74, 6) is 0.106. The highest BCUT2D eigenvalue weighted by atomic mass is 16.5. The lowest BCUT2D eigenvalue weighted by Crippen LogP contribution is -2.55. The largest absolute Gasteiger partial charge is 0.438 e. The van der Waals surface area contributed by atoms with E-state index in [0.29, 0.717) is 25.4 Å². The number of benzene rings is 2. The van der Waals surface area contributed by atoms with Crippen molar-refractivity contribution in [1.29, 1.82) is 0 Å². The van der Waals surface area contributed by atoms with Gasteiger partial charge in [-0.05, 0) is 36.9 Å². The van der Waals surface area contributed by atoms with Crippen LogP contribution in [0.15, 0.2) is 72.9 Å². The summed E-state index contributed by atoms with van der Waals surface area (Å²) in [6.07, 6.45) is 1.57. The van der Waals surface area contributed by atoms with Crippen LogP contribution < -0.4 is 15.0 Å². The highest BCUT2D eigenvalue weighted by Crippen LogP contribution is 2.26. The first-order valence-electron chi connectivity index (χ1n) is 12.7. The predicted octanol–water partition coefficient (Wildman–Crippen LogP) is 3.03. The standard InChI is InChI=1S/C29H35N5O4/c1-32(2)23-11-7-12-24(19-23)38-28-25(13-8-14-30-28)27(35)31-26(21-37-20-22-9-5-4-6-10-22)29(36)34-17-15-33(3)16-18-34/h4-14,19,26H,15-18,20-21H2,1-3H3,(H,31,35)/t26-/m1/s1. The van der Waals surface area contributed by atoms with Gasteiger partial charge < -0.3 is 29.5 Å². The molecule has 0 bridgehead atoms. The minimum Gasteiger partial charge on any atom is -0.438 e. The third-order valence-corrected chi connectivity index (χ3v) is 6.38. The van der Waals surface area contributed by atoms with Gasteiger partial charge in [0.15, 0.2) is 0 Å². The molecule has 4 rings (SSSR count). The molecule has 2 aromatic carbocycles. The fourth-order valence-electron chi connectivity index (χ4n) is 4.11. The number of carbonyl (C=O) groups excluding carboxylic acids is 2. The molecule has 9 heteroatoms. The van der Waals surface area contributed by atoms with Crippen molar-refractivity contribution < 1.29 is 19.1 Å². The van der Waals surface area contributed by atoms with Gasteiger partial charge in [-0.3, -0.25) is 9.59 Å². The summed E-state index contributed by atoms with van der Waals surface area (Å²) in [4.78, 5) is 37.1. The van der Waals surface area contributed by atoms with Crippen molar-refractivity contribution in [2.24, 2.45) is 0 Å². The van der Waals surface area contributed by atoms with Gasteiger partial charge in [-0.1, -0.05) is 36.4 Å². The van der Waals surface area contributed by atoms with Gasteiger partial charge in [-0.2, -0.15) is 0 Å². The summed E-state index contributed by atoms with van der Waals surface area (Å²) < 4.78 is 11.9. The molecule has 1 N–H and O–H groups in total. The van der Waals surface area contributed by atoms with Crippen LogP contribution in [-0.4, -0.2) is 86.6 Å². The minimum absolute atomic E-state index is 0.0487. The van der Waals surface area contributed by atoms with E-state index in [-0.39, 0.29) is 24.0 Å². The van der Waals surface area contributed by atoms with Gasteiger partial charge in [0, 0.05) is 58.2 Å². The summed E-state index contributed by atoms with van der Waals surface area (Å²) in [5.41, 5.74) is 2.19. The van der Waals surface area contributed by atoms with Crippen LogP contribution in [0.25, 0.3) is 0 Å². The average Bonchev–Trinajstić information content (AvgIpc) is 2.93. The van der Waals surface area contributed by atoms with Crippen LogP contribution in [0.1, 0.15) is 15.9 Å². The number of nitrogens with zero attached hydrogens (tertiary/aromatic N) is 4. The van der Waals surface area contributed by atoms with Crippen molar-refractivity contribution in [3.63, 3.8) is 0 Å². The number of anilines is 1. The molecule has 0 aliphatic carbocycles. The quantitative estimate of drug-likeness (QED) is 0.442. The summed E-state index contributed by atoms with van der Waals surface area (Å²) >= 11 is 0. The minimum atomic E-state index is -0.847. The highest BCUT2D eigenvalue weighted by molar-refractivity contribution is 5.99. The fourth-order valence-corrected chi connectivity index (χ4v) is 4.11. The van der Waals surface area contributed by atoms with Gasteiger partial charge >= 0.3 is 0 Å². The van der Waals surface area contributed by atoms with Crippen LogP contribution in [0.4, 0.5) is 5.69 Å². The number of aromatic nitrogens is 1. The molecule has 9 nitrogen and oxygen atoms in total. The molecule has 38 heavy (non-hydrogen) atoms. The van der Waals surface area contributed by atoms with Crippen LogP contribution in [0.5, 0.6) is 11.6 Å². The van der Waals surface area contributed by atoms with E-state index in [1.54, 1.807) is 29.3 Å². The summed E-state index contributed by atoms with van der Waals surface area (Å²) in [7, 11) is 5.91. The summed E-state index contributed by atoms with van der Waals surface area (Å²) in [6, 6.07) is 19.7. The van der Waals surface area contributed by atoms with E-state index >= 15 is 0 Å². The molecule has 0 unspecified atom stereocenters. The Morgan fingerprint density at radius 1 is 1.00 bits per heavy atom. The predicted molar refractivity (Wildman–Crippen MR) is 147 cm³/mol. The van der Waals surface area contributed by atoms with E-state index in [2.05, 4.69) is 15.2 Å². The molecule has 2 amide bonds. The molecule has 0 saturated carbocycles. The molecule has 0 spiro atoms. The van der Waals surface area contributed by atoms with E-state index in [1.807, 2.05) is 74.6 Å². The van der Waals surface area contributed by atoms with Crippen LogP contribution in [0.3, 0.4) is 0 Å². The van der Waals surface area contributed by atoms with E-state index in [1.165, 1.54) is 0 Å². The molecule has 1 saturated heterocycles. The van der Waals surface area contributed by atoms with Crippen LogP contribution >= 0.6 is 0 Å². The maximum atomic E-state index is 13.5. The van der Waals surface area contributed by atoms with Gasteiger partial charge in [0.25, 0.3) is 5.91 Å². The van der Waals surface area contributed by atoms with Crippen molar-refractivity contribution >= 4 is 17.5 Å². The SMILES string of the molecule is CN1CCN(C(=O)[C@@H](COCc2ccccc2)NC(=O)c2cccnc2Oc2cccc(N(C)C)c2)CC1. The van der Waals surface area contributed by atoms with Gasteiger partial charge in [0.05, 0.1) is 13.2 Å². The van der Waals surface area contributed by atoms with Crippen molar-refractivity contribution in [2.75, 3.05) is 58.8 Å². The molecule has 1 aliphatic heterocycles. The molecule has 2 heterocycles. The second-order valence-electron chi connectivity index (χ2n) is 9.51. The molecule has 1 aromatic heterocycles. The molecule has 1 aliphatic rings. The van der Waals surface area contributed by atoms with E-state index < -0.39 is 11.9 Å². The maximum absolute atomic E-state index is 13.5. The molecular formula is C29H35N5O4. The van der Waals surface area contributed by atoms with Crippen LogP contribution in [-0.2, 0) is 16.1 Å². The van der Waals surface area contributed by atoms with E-state index in [4.69, 9.17) is 9.47 Å². The molecule has 1 fully saturated rings. The van der Waals surface area contributed by atoms with Crippen molar-refractivity contribution in [3.8, 4) is 11.6 Å². The number of hydrogen-bond donors (Lipinski definition) is 1. The third-order valence-electron chi connectivity index (χ3n) is 6.38. The Morgan fingerprint density at radius 2 is 1.76 bits per heavy atom. The molecule has 0 radical (unpaired) electrons. The summed E-state index contributed by atoms with van der Waals surface area (Å²) in [6.45, 7) is 3.15. The number of piperazine rings is 1. The Kier molecular flexibility index (Phi) is 9.29. The number of amides is 2. The Balaban J connectivity index is 1.49. The second-order valence-corrected chi connectivity index (χ2v) is 9.51. The number of likely N-dealkylation sites (N-methyl/N-ethyl adjacent to an activating group) is 1. The smallest absolute Gasteiger partial charge is 0.257 e. The summed E-state index contributed by atoms with van der Waals surface area (Å²) in [5, 5.41) is 2.89. The lowest BCUT2D eigenvalue weighted by atomic mass is 10.2. The number of ether oxygens (including phenoxy) is 2. The van der Waals surface area contributed by atoms with E-state index in [0.717, 1.165) is 24.3 Å². The topological polar surface area (TPSA) is 87.2 Å². The van der Waals surface area contributed by atoms with Crippen molar-refractivity contribution in [3.05, 3.63) is 84.1 Å². The molecule has 1 atom stereocenters. The third kappa shape index (κ3) is 7.30. The first-order valence-corrected chi connectivity index (χ1v) is 12.7. The number of carbonyl (C=O) groups is 2. The number of hydrogen-bond acceptors (Lipinski definition) is 7. The zero-order chi connectivity index (χ0) is 26.9. The second kappa shape index (κ2) is 13.0. The van der Waals surface area contributed by atoms with Gasteiger partial charge in [-0.25, -0.2) is 4.98 Å². The first-order chi connectivity index (χ1) is 18.4. The zero-order valence-corrected chi connectivity index (χ0v) is 22.2. The highest BCUT2D eigenvalue weighted by Gasteiger charge is 2.29. The number of pyridine rings is 1. The van der Waals surface area contributed by atoms with Crippen molar-refractivity contribution in [1.82, 2.24) is 20.1 Å². The molecular weight excluding hydrogens is 482 g/mol. The van der Waals surface area contributed by atoms with Gasteiger partial charge in [0.1, 0.15) is 17.4 Å².